The van der Waals surface area contributed by atoms with Crippen LogP contribution in [0, 0.1) is 0 Å². The van der Waals surface area contributed by atoms with Gasteiger partial charge in [0.25, 0.3) is 10.1 Å². The predicted molar refractivity (Wildman–Crippen MR) is 61.9 cm³/mol. The third-order valence-corrected chi connectivity index (χ3v) is 3.35. The first-order valence-electron chi connectivity index (χ1n) is 5.52. The molecule has 1 aliphatic carbocycles. The van der Waals surface area contributed by atoms with Crippen LogP contribution in [-0.4, -0.2) is 31.6 Å². The van der Waals surface area contributed by atoms with Crippen LogP contribution in [-0.2, 0) is 19.0 Å². The summed E-state index contributed by atoms with van der Waals surface area (Å²) in [5, 5.41) is 2.45. The van der Waals surface area contributed by atoms with Crippen molar-refractivity contribution in [1.82, 2.24) is 5.32 Å². The lowest BCUT2D eigenvalue weighted by Gasteiger charge is -2.23. The lowest BCUT2D eigenvalue weighted by atomic mass is 10.2. The van der Waals surface area contributed by atoms with Crippen LogP contribution in [0.4, 0.5) is 4.79 Å². The Labute approximate surface area is 102 Å². The van der Waals surface area contributed by atoms with Gasteiger partial charge >= 0.3 is 6.09 Å². The fraction of sp³-hybridized carbons (Fsp3) is 0.900. The van der Waals surface area contributed by atoms with E-state index in [9.17, 15) is 13.2 Å². The number of hydrogen-bond donors (Lipinski definition) is 1. The second-order valence-corrected chi connectivity index (χ2v) is 6.91. The molecule has 0 aromatic rings. The van der Waals surface area contributed by atoms with E-state index in [2.05, 4.69) is 5.32 Å². The molecule has 1 aliphatic rings. The number of carbonyl (C=O) groups is 1. The van der Waals surface area contributed by atoms with Crippen molar-refractivity contribution in [3.63, 3.8) is 0 Å². The fourth-order valence-electron chi connectivity index (χ4n) is 1.13. The normalized spacial score (nSPS) is 18.6. The number of rotatable bonds is 4. The Kier molecular flexibility index (Phi) is 3.73. The van der Waals surface area contributed by atoms with Crippen molar-refractivity contribution >= 4 is 16.2 Å². The lowest BCUT2D eigenvalue weighted by molar-refractivity contribution is 0.0367. The first-order valence-corrected chi connectivity index (χ1v) is 7.10. The van der Waals surface area contributed by atoms with E-state index < -0.39 is 27.5 Å². The van der Waals surface area contributed by atoms with Gasteiger partial charge in [-0.25, -0.2) is 8.98 Å². The zero-order valence-electron chi connectivity index (χ0n) is 10.6. The van der Waals surface area contributed by atoms with Crippen LogP contribution in [0.1, 0.15) is 40.5 Å². The van der Waals surface area contributed by atoms with Gasteiger partial charge in [-0.3, -0.25) is 5.32 Å². The number of hydrogen-bond acceptors (Lipinski definition) is 5. The molecule has 0 aromatic heterocycles. The van der Waals surface area contributed by atoms with E-state index in [1.54, 1.807) is 20.8 Å². The van der Waals surface area contributed by atoms with Crippen LogP contribution in [0.3, 0.4) is 0 Å². The Morgan fingerprint density at radius 2 is 1.88 bits per heavy atom. The van der Waals surface area contributed by atoms with Gasteiger partial charge in [0.2, 0.25) is 0 Å². The Balaban J connectivity index is 2.54. The van der Waals surface area contributed by atoms with Gasteiger partial charge < -0.3 is 4.74 Å². The molecule has 0 spiro atoms. The minimum atomic E-state index is -3.57. The molecule has 0 aliphatic heterocycles. The topological polar surface area (TPSA) is 81.7 Å². The summed E-state index contributed by atoms with van der Waals surface area (Å²) in [6, 6.07) is 0. The number of amides is 1. The molecule has 1 saturated carbocycles. The van der Waals surface area contributed by atoms with Gasteiger partial charge in [-0.1, -0.05) is 0 Å². The minimum absolute atomic E-state index is 0.120. The smallest absolute Gasteiger partial charge is 0.409 e. The molecule has 0 saturated heterocycles. The molecule has 1 fully saturated rings. The number of ether oxygens (including phenoxy) is 1. The van der Waals surface area contributed by atoms with Crippen LogP contribution in [0.15, 0.2) is 0 Å². The quantitative estimate of drug-likeness (QED) is 0.613. The third kappa shape index (κ3) is 4.91. The molecule has 100 valence electrons. The number of carbonyl (C=O) groups excluding carboxylic acids is 1. The first-order chi connectivity index (χ1) is 7.58. The van der Waals surface area contributed by atoms with Gasteiger partial charge in [0.05, 0.1) is 5.75 Å². The molecule has 0 atom stereocenters. The zero-order valence-corrected chi connectivity index (χ0v) is 11.4. The molecule has 0 heterocycles. The molecule has 1 amide bonds. The summed E-state index contributed by atoms with van der Waals surface area (Å²) < 4.78 is 32.6. The molecule has 6 nitrogen and oxygen atoms in total. The number of alkyl carbamates (subject to hydrolysis) is 1. The minimum Gasteiger partial charge on any atom is -0.444 e. The standard InChI is InChI=1S/C10H19NO5S/c1-5-17(13,14)16-10(6-7-10)11-8(12)15-9(2,3)4/h5-7H2,1-4H3,(H,11,12). The van der Waals surface area contributed by atoms with Crippen molar-refractivity contribution in [2.45, 2.75) is 51.9 Å². The summed E-state index contributed by atoms with van der Waals surface area (Å²) in [6.45, 7) is 6.68. The van der Waals surface area contributed by atoms with Gasteiger partial charge in [0.1, 0.15) is 5.60 Å². The Morgan fingerprint density at radius 3 is 2.24 bits per heavy atom. The average molecular weight is 265 g/mol. The van der Waals surface area contributed by atoms with E-state index in [0.717, 1.165) is 0 Å². The van der Waals surface area contributed by atoms with Crippen molar-refractivity contribution in [3.05, 3.63) is 0 Å². The van der Waals surface area contributed by atoms with E-state index >= 15 is 0 Å². The molecule has 1 rings (SSSR count). The molecule has 0 aromatic carbocycles. The van der Waals surface area contributed by atoms with Crippen LogP contribution >= 0.6 is 0 Å². The summed E-state index contributed by atoms with van der Waals surface area (Å²) in [6.07, 6.45) is 0.290. The van der Waals surface area contributed by atoms with Crippen molar-refractivity contribution in [1.29, 1.82) is 0 Å². The van der Waals surface area contributed by atoms with Gasteiger partial charge in [-0.05, 0) is 27.7 Å². The second kappa shape index (κ2) is 4.45. The molecule has 1 N–H and O–H groups in total. The highest BCUT2D eigenvalue weighted by atomic mass is 32.2. The van der Waals surface area contributed by atoms with E-state index in [-0.39, 0.29) is 5.75 Å². The van der Waals surface area contributed by atoms with Crippen molar-refractivity contribution in [2.24, 2.45) is 0 Å². The molecule has 17 heavy (non-hydrogen) atoms. The van der Waals surface area contributed by atoms with E-state index in [1.807, 2.05) is 0 Å². The Morgan fingerprint density at radius 1 is 1.35 bits per heavy atom. The molecular weight excluding hydrogens is 246 g/mol. The predicted octanol–water partition coefficient (Wildman–Crippen LogP) is 1.37. The molecule has 0 radical (unpaired) electrons. The van der Waals surface area contributed by atoms with Crippen LogP contribution in [0.2, 0.25) is 0 Å². The Bertz CT molecular complexity index is 391. The van der Waals surface area contributed by atoms with Gasteiger partial charge in [0.15, 0.2) is 5.72 Å². The van der Waals surface area contributed by atoms with Crippen molar-refractivity contribution in [2.75, 3.05) is 5.75 Å². The summed E-state index contributed by atoms with van der Waals surface area (Å²) >= 11 is 0. The number of nitrogens with one attached hydrogen (secondary N) is 1. The monoisotopic (exact) mass is 265 g/mol. The zero-order chi connectivity index (χ0) is 13.3. The Hall–Kier alpha value is -0.820. The summed E-state index contributed by atoms with van der Waals surface area (Å²) in [5.41, 5.74) is -1.71. The van der Waals surface area contributed by atoms with E-state index in [1.165, 1.54) is 6.92 Å². The maximum Gasteiger partial charge on any atom is 0.409 e. The molecular formula is C10H19NO5S. The van der Waals surface area contributed by atoms with Crippen molar-refractivity contribution < 1.29 is 22.1 Å². The maximum absolute atomic E-state index is 11.5. The highest BCUT2D eigenvalue weighted by Gasteiger charge is 2.50. The van der Waals surface area contributed by atoms with Crippen molar-refractivity contribution in [3.8, 4) is 0 Å². The largest absolute Gasteiger partial charge is 0.444 e. The molecule has 0 bridgehead atoms. The van der Waals surface area contributed by atoms with E-state index in [0.29, 0.717) is 12.8 Å². The second-order valence-electron chi connectivity index (χ2n) is 5.05. The lowest BCUT2D eigenvalue weighted by Crippen LogP contribution is -2.43. The summed E-state index contributed by atoms with van der Waals surface area (Å²) in [4.78, 5) is 11.5. The van der Waals surface area contributed by atoms with Crippen LogP contribution < -0.4 is 5.32 Å². The first kappa shape index (κ1) is 14.2. The van der Waals surface area contributed by atoms with Crippen LogP contribution in [0.5, 0.6) is 0 Å². The van der Waals surface area contributed by atoms with Gasteiger partial charge in [-0.15, -0.1) is 0 Å². The molecule has 0 unspecified atom stereocenters. The van der Waals surface area contributed by atoms with Gasteiger partial charge in [0, 0.05) is 12.8 Å². The third-order valence-electron chi connectivity index (χ3n) is 2.07. The molecule has 7 heteroatoms. The highest BCUT2D eigenvalue weighted by molar-refractivity contribution is 7.86. The van der Waals surface area contributed by atoms with E-state index in [4.69, 9.17) is 8.92 Å². The fourth-order valence-corrected chi connectivity index (χ4v) is 1.95. The SMILES string of the molecule is CCS(=O)(=O)OC1(NC(=O)OC(C)(C)C)CC1. The summed E-state index contributed by atoms with van der Waals surface area (Å²) in [5.74, 6) is -0.120. The van der Waals surface area contributed by atoms with Gasteiger partial charge in [-0.2, -0.15) is 8.42 Å². The average Bonchev–Trinajstić information content (AvgIpc) is 2.79. The maximum atomic E-state index is 11.5. The highest BCUT2D eigenvalue weighted by Crippen LogP contribution is 2.38. The summed E-state index contributed by atoms with van der Waals surface area (Å²) in [7, 11) is -3.57. The van der Waals surface area contributed by atoms with Crippen LogP contribution in [0.25, 0.3) is 0 Å².